The Bertz CT molecular complexity index is 882. The number of nitrogens with zero attached hydrogens (tertiary/aromatic N) is 2. The van der Waals surface area contributed by atoms with Crippen molar-refractivity contribution in [2.75, 3.05) is 32.0 Å². The fourth-order valence-electron chi connectivity index (χ4n) is 4.07. The van der Waals surface area contributed by atoms with Crippen LogP contribution in [0, 0.1) is 0 Å². The zero-order valence-corrected chi connectivity index (χ0v) is 22.0. The van der Waals surface area contributed by atoms with E-state index in [1.165, 1.54) is 22.3 Å². The summed E-state index contributed by atoms with van der Waals surface area (Å²) < 4.78 is 5.54. The zero-order chi connectivity index (χ0) is 23.9. The zero-order valence-electron chi connectivity index (χ0n) is 19.7. The third-order valence-corrected chi connectivity index (χ3v) is 5.69. The Morgan fingerprint density at radius 3 is 2.47 bits per heavy atom. The second-order valence-corrected chi connectivity index (χ2v) is 9.35. The summed E-state index contributed by atoms with van der Waals surface area (Å²) in [4.78, 5) is 16.7. The van der Waals surface area contributed by atoms with Gasteiger partial charge in [-0.25, -0.2) is 4.79 Å². The van der Waals surface area contributed by atoms with Crippen LogP contribution in [-0.4, -0.2) is 53.5 Å². The van der Waals surface area contributed by atoms with Gasteiger partial charge in [-0.05, 0) is 86.6 Å². The van der Waals surface area contributed by atoms with Crippen molar-refractivity contribution < 1.29 is 9.53 Å². The largest absolute Gasteiger partial charge is 0.444 e. The minimum Gasteiger partial charge on any atom is -0.444 e. The number of halogens is 2. The third kappa shape index (κ3) is 7.12. The van der Waals surface area contributed by atoms with Gasteiger partial charge in [-0.2, -0.15) is 0 Å². The van der Waals surface area contributed by atoms with E-state index in [0.717, 1.165) is 24.5 Å². The molecule has 1 fully saturated rings. The summed E-state index contributed by atoms with van der Waals surface area (Å²) in [5, 5.41) is 0.740. The molecule has 1 saturated heterocycles. The summed E-state index contributed by atoms with van der Waals surface area (Å²) in [6.07, 6.45) is 8.36. The van der Waals surface area contributed by atoms with Gasteiger partial charge in [0.2, 0.25) is 0 Å². The van der Waals surface area contributed by atoms with E-state index in [4.69, 9.17) is 22.1 Å². The number of allylic oxidation sites excluding steroid dienone is 4. The number of hydrogen-bond acceptors (Lipinski definition) is 4. The van der Waals surface area contributed by atoms with Gasteiger partial charge in [-0.1, -0.05) is 45.7 Å². The average Bonchev–Trinajstić information content (AvgIpc) is 2.89. The topological polar surface area (TPSA) is 58.8 Å². The summed E-state index contributed by atoms with van der Waals surface area (Å²) in [5.74, 6) is 1.81. The van der Waals surface area contributed by atoms with Crippen LogP contribution < -0.4 is 5.73 Å². The predicted octanol–water partition coefficient (Wildman–Crippen LogP) is 6.15. The maximum absolute atomic E-state index is 12.4. The molecule has 2 N–H and O–H groups in total. The molecule has 5 nitrogen and oxygen atoms in total. The fraction of sp³-hybridized carbons (Fsp3) is 0.480. The van der Waals surface area contributed by atoms with Crippen molar-refractivity contribution >= 4 is 39.2 Å². The Balaban J connectivity index is 0.00000176. The first-order valence-electron chi connectivity index (χ1n) is 10.8. The average molecular weight is 525 g/mol. The molecule has 1 aliphatic heterocycles. The normalized spacial score (nSPS) is 20.8. The number of piperazine rings is 1. The van der Waals surface area contributed by atoms with Crippen LogP contribution in [0.25, 0.3) is 5.57 Å². The first-order chi connectivity index (χ1) is 15.2. The minimum absolute atomic E-state index is 0.212. The third-order valence-electron chi connectivity index (χ3n) is 5.46. The van der Waals surface area contributed by atoms with Gasteiger partial charge in [0, 0.05) is 37.2 Å². The predicted molar refractivity (Wildman–Crippen MR) is 138 cm³/mol. The van der Waals surface area contributed by atoms with E-state index in [0.29, 0.717) is 13.1 Å². The number of fused-ring (bicyclic) bond motifs is 1. The highest BCUT2D eigenvalue weighted by Crippen LogP contribution is 2.39. The number of hydrogen-bond donors (Lipinski definition) is 1. The van der Waals surface area contributed by atoms with Gasteiger partial charge < -0.3 is 15.4 Å². The van der Waals surface area contributed by atoms with Gasteiger partial charge in [-0.15, -0.1) is 0 Å². The smallest absolute Gasteiger partial charge is 0.410 e. The van der Waals surface area contributed by atoms with Crippen molar-refractivity contribution in [2.24, 2.45) is 5.73 Å². The lowest BCUT2D eigenvalue weighted by Gasteiger charge is -2.40. The first kappa shape index (κ1) is 26.5. The standard InChI is InChI=1S/C24H32ClN3O2.CH3Br/c1-17-14-18(6-5-9-26)15-22(20-8-7-19(25)16-21(17)20)27-10-12-28(13-11-27)23(29)30-24(2,3)4;1-2/h5-9,14,16,22H,10-13,15,26H2,1-4H3;1H3/b9-5-,18-6-;. The summed E-state index contributed by atoms with van der Waals surface area (Å²) >= 11 is 9.25. The lowest BCUT2D eigenvalue weighted by Crippen LogP contribution is -2.50. The van der Waals surface area contributed by atoms with Crippen molar-refractivity contribution in [1.82, 2.24) is 9.80 Å². The molecule has 1 aromatic rings. The number of amides is 1. The van der Waals surface area contributed by atoms with Crippen LogP contribution in [0.2, 0.25) is 5.02 Å². The highest BCUT2D eigenvalue weighted by Gasteiger charge is 2.31. The van der Waals surface area contributed by atoms with Gasteiger partial charge in [0.1, 0.15) is 5.60 Å². The highest BCUT2D eigenvalue weighted by atomic mass is 79.9. The van der Waals surface area contributed by atoms with E-state index < -0.39 is 5.60 Å². The molecule has 0 saturated carbocycles. The van der Waals surface area contributed by atoms with E-state index in [1.54, 1.807) is 11.1 Å². The molecule has 1 atom stereocenters. The summed E-state index contributed by atoms with van der Waals surface area (Å²) in [7, 11) is 0. The van der Waals surface area contributed by atoms with Gasteiger partial charge in [-0.3, -0.25) is 4.90 Å². The lowest BCUT2D eigenvalue weighted by molar-refractivity contribution is 0.0102. The molecule has 0 bridgehead atoms. The SMILES string of the molecule is CBr.CC1=C/C(=C/C=C\N)CC(N2CCN(C(=O)OC(C)(C)C)CC2)c2ccc(Cl)cc21. The van der Waals surface area contributed by atoms with Crippen LogP contribution >= 0.6 is 27.5 Å². The summed E-state index contributed by atoms with van der Waals surface area (Å²) in [6.45, 7) is 10.7. The molecule has 0 aromatic heterocycles. The molecular formula is C25H35BrClN3O2. The lowest BCUT2D eigenvalue weighted by atomic mass is 9.94. The molecule has 7 heteroatoms. The second kappa shape index (κ2) is 11.9. The molecule has 1 aromatic carbocycles. The van der Waals surface area contributed by atoms with Crippen molar-refractivity contribution in [2.45, 2.75) is 45.8 Å². The maximum atomic E-state index is 12.4. The summed E-state index contributed by atoms with van der Waals surface area (Å²) in [5.41, 5.74) is 9.96. The van der Waals surface area contributed by atoms with E-state index in [2.05, 4.69) is 46.0 Å². The number of carbonyl (C=O) groups is 1. The Hall–Kier alpha value is -1.76. The van der Waals surface area contributed by atoms with Crippen LogP contribution in [0.4, 0.5) is 4.79 Å². The maximum Gasteiger partial charge on any atom is 0.410 e. The van der Waals surface area contributed by atoms with E-state index in [1.807, 2.05) is 44.8 Å². The molecule has 2 aliphatic rings. The molecule has 32 heavy (non-hydrogen) atoms. The number of carbonyl (C=O) groups excluding carboxylic acids is 1. The fourth-order valence-corrected chi connectivity index (χ4v) is 4.24. The number of alkyl halides is 1. The summed E-state index contributed by atoms with van der Waals surface area (Å²) in [6, 6.07) is 6.37. The Morgan fingerprint density at radius 1 is 1.22 bits per heavy atom. The van der Waals surface area contributed by atoms with Crippen LogP contribution in [-0.2, 0) is 4.74 Å². The minimum atomic E-state index is -0.479. The van der Waals surface area contributed by atoms with Crippen molar-refractivity contribution in [3.63, 3.8) is 0 Å². The molecule has 1 heterocycles. The van der Waals surface area contributed by atoms with Crippen LogP contribution in [0.5, 0.6) is 0 Å². The molecule has 0 spiro atoms. The molecule has 3 rings (SSSR count). The highest BCUT2D eigenvalue weighted by molar-refractivity contribution is 9.08. The molecule has 176 valence electrons. The van der Waals surface area contributed by atoms with Gasteiger partial charge in [0.05, 0.1) is 0 Å². The molecule has 1 unspecified atom stereocenters. The van der Waals surface area contributed by atoms with Crippen LogP contribution in [0.3, 0.4) is 0 Å². The van der Waals surface area contributed by atoms with Crippen LogP contribution in [0.1, 0.15) is 51.3 Å². The number of rotatable bonds is 2. The Kier molecular flexibility index (Phi) is 9.86. The van der Waals surface area contributed by atoms with E-state index in [9.17, 15) is 4.79 Å². The number of nitrogens with two attached hydrogens (primary N) is 1. The van der Waals surface area contributed by atoms with Gasteiger partial charge in [0.25, 0.3) is 0 Å². The van der Waals surface area contributed by atoms with Crippen molar-refractivity contribution in [1.29, 1.82) is 0 Å². The Labute approximate surface area is 206 Å². The van der Waals surface area contributed by atoms with Gasteiger partial charge >= 0.3 is 6.09 Å². The van der Waals surface area contributed by atoms with Crippen molar-refractivity contribution in [3.8, 4) is 0 Å². The second-order valence-electron chi connectivity index (χ2n) is 8.91. The van der Waals surface area contributed by atoms with Crippen LogP contribution in [0.15, 0.2) is 48.2 Å². The van der Waals surface area contributed by atoms with E-state index in [-0.39, 0.29) is 12.1 Å². The first-order valence-corrected chi connectivity index (χ1v) is 12.8. The van der Waals surface area contributed by atoms with Gasteiger partial charge in [0.15, 0.2) is 0 Å². The molecule has 1 aliphatic carbocycles. The molecule has 1 amide bonds. The molecular weight excluding hydrogens is 490 g/mol. The van der Waals surface area contributed by atoms with Crippen molar-refractivity contribution in [3.05, 3.63) is 64.3 Å². The number of ether oxygens (including phenoxy) is 1. The Morgan fingerprint density at radius 2 is 1.88 bits per heavy atom. The molecule has 0 radical (unpaired) electrons. The quantitative estimate of drug-likeness (QED) is 0.471. The van der Waals surface area contributed by atoms with E-state index >= 15 is 0 Å². The monoisotopic (exact) mass is 523 g/mol. The number of benzene rings is 1.